The molecule has 2 N–H and O–H groups in total. The first-order valence-electron chi connectivity index (χ1n) is 6.85. The van der Waals surface area contributed by atoms with Gasteiger partial charge in [-0.05, 0) is 25.7 Å². The van der Waals surface area contributed by atoms with Crippen molar-refractivity contribution in [2.45, 2.75) is 32.7 Å². The van der Waals surface area contributed by atoms with Crippen LogP contribution in [0.5, 0.6) is 11.5 Å². The third-order valence-electron chi connectivity index (χ3n) is 3.98. The molecule has 0 saturated carbocycles. The Kier molecular flexibility index (Phi) is 4.08. The predicted octanol–water partition coefficient (Wildman–Crippen LogP) is 2.91. The van der Waals surface area contributed by atoms with Crippen LogP contribution in [0.1, 0.15) is 26.7 Å². The number of hydrogen-bond acceptors (Lipinski definition) is 4. The summed E-state index contributed by atoms with van der Waals surface area (Å²) in [5, 5.41) is 0. The second-order valence-electron chi connectivity index (χ2n) is 5.44. The fourth-order valence-electron chi connectivity index (χ4n) is 2.90. The highest BCUT2D eigenvalue weighted by molar-refractivity contribution is 5.73. The van der Waals surface area contributed by atoms with Gasteiger partial charge < -0.3 is 20.1 Å². The summed E-state index contributed by atoms with van der Waals surface area (Å²) >= 11 is 0. The topological polar surface area (TPSA) is 47.7 Å². The van der Waals surface area contributed by atoms with Gasteiger partial charge in [-0.3, -0.25) is 0 Å². The van der Waals surface area contributed by atoms with Gasteiger partial charge in [0, 0.05) is 24.7 Å². The van der Waals surface area contributed by atoms with Crippen molar-refractivity contribution < 1.29 is 9.47 Å². The van der Waals surface area contributed by atoms with E-state index in [1.165, 1.54) is 12.8 Å². The van der Waals surface area contributed by atoms with E-state index in [4.69, 9.17) is 15.2 Å². The lowest BCUT2D eigenvalue weighted by Crippen LogP contribution is -2.40. The van der Waals surface area contributed by atoms with Crippen LogP contribution in [0.3, 0.4) is 0 Å². The van der Waals surface area contributed by atoms with E-state index in [2.05, 4.69) is 18.7 Å². The highest BCUT2D eigenvalue weighted by Gasteiger charge is 2.25. The Morgan fingerprint density at radius 2 is 1.79 bits per heavy atom. The fourth-order valence-corrected chi connectivity index (χ4v) is 2.90. The molecule has 0 aromatic heterocycles. The molecule has 1 aliphatic rings. The van der Waals surface area contributed by atoms with Crippen LogP contribution in [0, 0.1) is 5.92 Å². The van der Waals surface area contributed by atoms with E-state index in [1.807, 2.05) is 12.1 Å². The number of nitrogens with zero attached hydrogens (tertiary/aromatic N) is 1. The molecule has 1 aliphatic heterocycles. The molecule has 4 heteroatoms. The molecule has 1 heterocycles. The summed E-state index contributed by atoms with van der Waals surface area (Å²) in [5.74, 6) is 2.20. The maximum Gasteiger partial charge on any atom is 0.162 e. The third-order valence-corrected chi connectivity index (χ3v) is 3.98. The van der Waals surface area contributed by atoms with Gasteiger partial charge in [0.15, 0.2) is 11.5 Å². The zero-order valence-electron chi connectivity index (χ0n) is 12.3. The molecule has 106 valence electrons. The van der Waals surface area contributed by atoms with Crippen LogP contribution in [-0.2, 0) is 0 Å². The minimum Gasteiger partial charge on any atom is -0.493 e. The Morgan fingerprint density at radius 3 is 2.37 bits per heavy atom. The standard InChI is InChI=1S/C15H24N2O2/c1-10-5-6-17(11(2)7-10)13-9-15(19-4)14(18-3)8-12(13)16/h8-11H,5-7,16H2,1-4H3. The van der Waals surface area contributed by atoms with Crippen molar-refractivity contribution in [2.24, 2.45) is 5.92 Å². The van der Waals surface area contributed by atoms with Gasteiger partial charge in [-0.15, -0.1) is 0 Å². The molecule has 0 aliphatic carbocycles. The highest BCUT2D eigenvalue weighted by atomic mass is 16.5. The van der Waals surface area contributed by atoms with Gasteiger partial charge in [0.05, 0.1) is 25.6 Å². The minimum absolute atomic E-state index is 0.504. The van der Waals surface area contributed by atoms with Gasteiger partial charge in [-0.2, -0.15) is 0 Å². The van der Waals surface area contributed by atoms with Crippen LogP contribution in [0.15, 0.2) is 12.1 Å². The number of ether oxygens (including phenoxy) is 2. The number of anilines is 2. The molecule has 0 bridgehead atoms. The first-order valence-corrected chi connectivity index (χ1v) is 6.85. The van der Waals surface area contributed by atoms with E-state index in [0.717, 1.165) is 29.6 Å². The van der Waals surface area contributed by atoms with Crippen molar-refractivity contribution in [3.05, 3.63) is 12.1 Å². The number of methoxy groups -OCH3 is 2. The molecule has 0 amide bonds. The van der Waals surface area contributed by atoms with Crippen molar-refractivity contribution in [3.63, 3.8) is 0 Å². The average molecular weight is 264 g/mol. The molecule has 4 nitrogen and oxygen atoms in total. The number of nitrogens with two attached hydrogens (primary N) is 1. The molecule has 2 rings (SSSR count). The smallest absolute Gasteiger partial charge is 0.162 e. The molecule has 1 aromatic rings. The van der Waals surface area contributed by atoms with Gasteiger partial charge in [0.25, 0.3) is 0 Å². The number of hydrogen-bond donors (Lipinski definition) is 1. The van der Waals surface area contributed by atoms with Crippen molar-refractivity contribution in [3.8, 4) is 11.5 Å². The van der Waals surface area contributed by atoms with Crippen molar-refractivity contribution in [1.29, 1.82) is 0 Å². The molecular formula is C15H24N2O2. The Labute approximate surface area is 115 Å². The summed E-state index contributed by atoms with van der Waals surface area (Å²) in [4.78, 5) is 2.37. The lowest BCUT2D eigenvalue weighted by atomic mass is 9.92. The first kappa shape index (κ1) is 13.8. The molecule has 0 spiro atoms. The number of rotatable bonds is 3. The Balaban J connectivity index is 2.34. The van der Waals surface area contributed by atoms with Crippen molar-refractivity contribution in [2.75, 3.05) is 31.4 Å². The SMILES string of the molecule is COc1cc(N)c(N2CCC(C)CC2C)cc1OC. The second-order valence-corrected chi connectivity index (χ2v) is 5.44. The van der Waals surface area contributed by atoms with Gasteiger partial charge in [-0.25, -0.2) is 0 Å². The molecule has 19 heavy (non-hydrogen) atoms. The lowest BCUT2D eigenvalue weighted by molar-refractivity contribution is 0.353. The first-order chi connectivity index (χ1) is 9.06. The highest BCUT2D eigenvalue weighted by Crippen LogP contribution is 2.39. The molecule has 1 aromatic carbocycles. The van der Waals surface area contributed by atoms with Crippen LogP contribution in [-0.4, -0.2) is 26.8 Å². The molecule has 0 radical (unpaired) electrons. The Morgan fingerprint density at radius 1 is 1.16 bits per heavy atom. The maximum atomic E-state index is 6.17. The zero-order valence-corrected chi connectivity index (χ0v) is 12.3. The average Bonchev–Trinajstić information content (AvgIpc) is 2.39. The number of benzene rings is 1. The second kappa shape index (κ2) is 5.59. The molecule has 1 saturated heterocycles. The molecule has 2 atom stereocenters. The van der Waals surface area contributed by atoms with Crippen molar-refractivity contribution in [1.82, 2.24) is 0 Å². The van der Waals surface area contributed by atoms with Gasteiger partial charge in [-0.1, -0.05) is 6.92 Å². The van der Waals surface area contributed by atoms with E-state index in [9.17, 15) is 0 Å². The molecule has 2 unspecified atom stereocenters. The zero-order chi connectivity index (χ0) is 14.0. The van der Waals surface area contributed by atoms with Crippen LogP contribution < -0.4 is 20.1 Å². The van der Waals surface area contributed by atoms with Gasteiger partial charge >= 0.3 is 0 Å². The summed E-state index contributed by atoms with van der Waals surface area (Å²) in [5.41, 5.74) is 7.97. The van der Waals surface area contributed by atoms with E-state index in [-0.39, 0.29) is 0 Å². The number of nitrogen functional groups attached to an aromatic ring is 1. The maximum absolute atomic E-state index is 6.17. The summed E-state index contributed by atoms with van der Waals surface area (Å²) in [6, 6.07) is 4.34. The van der Waals surface area contributed by atoms with E-state index < -0.39 is 0 Å². The lowest BCUT2D eigenvalue weighted by Gasteiger charge is -2.39. The van der Waals surface area contributed by atoms with E-state index in [1.54, 1.807) is 14.2 Å². The fraction of sp³-hybridized carbons (Fsp3) is 0.600. The Bertz CT molecular complexity index is 448. The van der Waals surface area contributed by atoms with Gasteiger partial charge in [0.2, 0.25) is 0 Å². The summed E-state index contributed by atoms with van der Waals surface area (Å²) < 4.78 is 10.7. The molecular weight excluding hydrogens is 240 g/mol. The normalized spacial score (nSPS) is 23.3. The van der Waals surface area contributed by atoms with Crippen LogP contribution in [0.2, 0.25) is 0 Å². The predicted molar refractivity (Wildman–Crippen MR) is 79.2 cm³/mol. The monoisotopic (exact) mass is 264 g/mol. The van der Waals surface area contributed by atoms with E-state index >= 15 is 0 Å². The van der Waals surface area contributed by atoms with Crippen molar-refractivity contribution >= 4 is 11.4 Å². The summed E-state index contributed by atoms with van der Waals surface area (Å²) in [6.45, 7) is 5.61. The quantitative estimate of drug-likeness (QED) is 0.853. The largest absolute Gasteiger partial charge is 0.493 e. The van der Waals surface area contributed by atoms with Crippen LogP contribution in [0.25, 0.3) is 0 Å². The van der Waals surface area contributed by atoms with E-state index in [0.29, 0.717) is 11.8 Å². The van der Waals surface area contributed by atoms with Crippen LogP contribution in [0.4, 0.5) is 11.4 Å². The van der Waals surface area contributed by atoms with Crippen LogP contribution >= 0.6 is 0 Å². The third kappa shape index (κ3) is 2.72. The Hall–Kier alpha value is -1.58. The summed E-state index contributed by atoms with van der Waals surface area (Å²) in [7, 11) is 3.28. The minimum atomic E-state index is 0.504. The molecule has 1 fully saturated rings. The summed E-state index contributed by atoms with van der Waals surface area (Å²) in [6.07, 6.45) is 2.41. The van der Waals surface area contributed by atoms with Gasteiger partial charge in [0.1, 0.15) is 0 Å². The number of piperidine rings is 1.